The number of nitrogens with zero attached hydrogens (tertiary/aromatic N) is 4. The van der Waals surface area contributed by atoms with Crippen molar-refractivity contribution in [1.29, 1.82) is 0 Å². The van der Waals surface area contributed by atoms with Crippen LogP contribution in [0.5, 0.6) is 0 Å². The van der Waals surface area contributed by atoms with Crippen LogP contribution in [0.1, 0.15) is 23.2 Å². The standard InChI is InChI=1S/C25H22FN5O2/c26-22-14-19(8-9-23(22)31-16-27-15-28-31)29-24(32)18-10-12-30(13-11-18)25(33)21-7-3-5-17-4-1-2-6-20(17)21/h1-9,14-16,18H,10-13H2,(H,29,32). The van der Waals surface area contributed by atoms with Crippen molar-refractivity contribution in [3.05, 3.63) is 84.7 Å². The first-order valence-corrected chi connectivity index (χ1v) is 10.8. The van der Waals surface area contributed by atoms with E-state index in [2.05, 4.69) is 15.4 Å². The number of nitrogens with one attached hydrogen (secondary N) is 1. The largest absolute Gasteiger partial charge is 0.339 e. The van der Waals surface area contributed by atoms with Crippen LogP contribution < -0.4 is 5.32 Å². The van der Waals surface area contributed by atoms with Crippen molar-refractivity contribution in [3.63, 3.8) is 0 Å². The second kappa shape index (κ2) is 8.82. The topological polar surface area (TPSA) is 80.1 Å². The van der Waals surface area contributed by atoms with Crippen LogP contribution in [0.15, 0.2) is 73.3 Å². The number of amides is 2. The summed E-state index contributed by atoms with van der Waals surface area (Å²) >= 11 is 0. The minimum atomic E-state index is -0.506. The van der Waals surface area contributed by atoms with Crippen LogP contribution in [0.4, 0.5) is 10.1 Å². The molecule has 1 fully saturated rings. The van der Waals surface area contributed by atoms with Crippen molar-refractivity contribution >= 4 is 28.3 Å². The van der Waals surface area contributed by atoms with Gasteiger partial charge >= 0.3 is 0 Å². The Labute approximate surface area is 189 Å². The van der Waals surface area contributed by atoms with Crippen molar-refractivity contribution in [2.75, 3.05) is 18.4 Å². The lowest BCUT2D eigenvalue weighted by atomic mass is 9.94. The van der Waals surface area contributed by atoms with Crippen LogP contribution in [-0.2, 0) is 4.79 Å². The third kappa shape index (κ3) is 4.19. The summed E-state index contributed by atoms with van der Waals surface area (Å²) in [5.74, 6) is -0.926. The minimum Gasteiger partial charge on any atom is -0.339 e. The zero-order chi connectivity index (χ0) is 22.8. The first kappa shape index (κ1) is 20.8. The Kier molecular flexibility index (Phi) is 5.56. The van der Waals surface area contributed by atoms with Gasteiger partial charge < -0.3 is 10.2 Å². The van der Waals surface area contributed by atoms with E-state index in [1.54, 1.807) is 17.0 Å². The summed E-state index contributed by atoms with van der Waals surface area (Å²) in [4.78, 5) is 31.5. The summed E-state index contributed by atoms with van der Waals surface area (Å²) in [6.07, 6.45) is 3.85. The molecule has 1 aromatic heterocycles. The number of carbonyl (C=O) groups excluding carboxylic acids is 2. The number of carbonyl (C=O) groups is 2. The van der Waals surface area contributed by atoms with Gasteiger partial charge in [-0.3, -0.25) is 9.59 Å². The lowest BCUT2D eigenvalue weighted by Crippen LogP contribution is -2.41. The molecule has 4 aromatic rings. The van der Waals surface area contributed by atoms with Gasteiger partial charge in [0, 0.05) is 30.3 Å². The predicted molar refractivity (Wildman–Crippen MR) is 123 cm³/mol. The normalized spacial score (nSPS) is 14.4. The van der Waals surface area contributed by atoms with Crippen LogP contribution in [0.3, 0.4) is 0 Å². The molecule has 0 bridgehead atoms. The summed E-state index contributed by atoms with van der Waals surface area (Å²) < 4.78 is 15.8. The first-order valence-electron chi connectivity index (χ1n) is 10.8. The monoisotopic (exact) mass is 443 g/mol. The van der Waals surface area contributed by atoms with Crippen LogP contribution in [0.2, 0.25) is 0 Å². The van der Waals surface area contributed by atoms with Gasteiger partial charge in [-0.1, -0.05) is 36.4 Å². The van der Waals surface area contributed by atoms with Crippen molar-refractivity contribution < 1.29 is 14.0 Å². The lowest BCUT2D eigenvalue weighted by molar-refractivity contribution is -0.121. The molecular formula is C25H22FN5O2. The van der Waals surface area contributed by atoms with Gasteiger partial charge in [-0.15, -0.1) is 0 Å². The third-order valence-electron chi connectivity index (χ3n) is 6.05. The molecule has 1 aliphatic rings. The summed E-state index contributed by atoms with van der Waals surface area (Å²) in [5, 5.41) is 8.67. The fraction of sp³-hybridized carbons (Fsp3) is 0.200. The van der Waals surface area contributed by atoms with Gasteiger partial charge in [0.15, 0.2) is 5.82 Å². The molecule has 33 heavy (non-hydrogen) atoms. The van der Waals surface area contributed by atoms with Crippen molar-refractivity contribution in [2.45, 2.75) is 12.8 Å². The fourth-order valence-electron chi connectivity index (χ4n) is 4.27. The van der Waals surface area contributed by atoms with E-state index >= 15 is 0 Å². The predicted octanol–water partition coefficient (Wildman–Crippen LogP) is 4.05. The molecule has 0 atom stereocenters. The van der Waals surface area contributed by atoms with E-state index in [0.717, 1.165) is 10.8 Å². The smallest absolute Gasteiger partial charge is 0.254 e. The second-order valence-electron chi connectivity index (χ2n) is 8.09. The Morgan fingerprint density at radius 2 is 1.79 bits per heavy atom. The molecule has 1 N–H and O–H groups in total. The number of anilines is 1. The van der Waals surface area contributed by atoms with Gasteiger partial charge in [0.25, 0.3) is 5.91 Å². The molecule has 0 spiro atoms. The molecule has 1 aliphatic heterocycles. The first-order chi connectivity index (χ1) is 16.1. The molecule has 0 unspecified atom stereocenters. The molecule has 166 valence electrons. The molecule has 5 rings (SSSR count). The molecule has 0 saturated carbocycles. The molecule has 0 radical (unpaired) electrons. The van der Waals surface area contributed by atoms with Crippen LogP contribution in [0, 0.1) is 11.7 Å². The molecule has 1 saturated heterocycles. The van der Waals surface area contributed by atoms with Crippen molar-refractivity contribution in [3.8, 4) is 5.69 Å². The molecule has 8 heteroatoms. The van der Waals surface area contributed by atoms with Crippen LogP contribution in [-0.4, -0.2) is 44.6 Å². The number of fused-ring (bicyclic) bond motifs is 1. The molecular weight excluding hydrogens is 421 g/mol. The summed E-state index contributed by atoms with van der Waals surface area (Å²) in [6, 6.07) is 18.0. The van der Waals surface area contributed by atoms with Gasteiger partial charge in [0.2, 0.25) is 5.91 Å². The molecule has 0 aliphatic carbocycles. The quantitative estimate of drug-likeness (QED) is 0.516. The van der Waals surface area contributed by atoms with Crippen molar-refractivity contribution in [1.82, 2.24) is 19.7 Å². The highest BCUT2D eigenvalue weighted by Gasteiger charge is 2.28. The van der Waals surface area contributed by atoms with E-state index in [-0.39, 0.29) is 23.4 Å². The lowest BCUT2D eigenvalue weighted by Gasteiger charge is -2.31. The number of halogens is 1. The van der Waals surface area contributed by atoms with E-state index in [9.17, 15) is 14.0 Å². The van der Waals surface area contributed by atoms with E-state index in [0.29, 0.717) is 37.2 Å². The average molecular weight is 443 g/mol. The summed E-state index contributed by atoms with van der Waals surface area (Å²) in [7, 11) is 0. The fourth-order valence-corrected chi connectivity index (χ4v) is 4.27. The maximum absolute atomic E-state index is 14.4. The molecule has 3 aromatic carbocycles. The molecule has 2 amide bonds. The van der Waals surface area contributed by atoms with E-state index < -0.39 is 5.82 Å². The highest BCUT2D eigenvalue weighted by molar-refractivity contribution is 6.07. The number of hydrogen-bond donors (Lipinski definition) is 1. The van der Waals surface area contributed by atoms with E-state index in [1.807, 2.05) is 42.5 Å². The number of likely N-dealkylation sites (tertiary alicyclic amines) is 1. The van der Waals surface area contributed by atoms with Gasteiger partial charge in [0.05, 0.1) is 0 Å². The number of aromatic nitrogens is 3. The Hall–Kier alpha value is -4.07. The van der Waals surface area contributed by atoms with Gasteiger partial charge in [-0.2, -0.15) is 5.10 Å². The second-order valence-corrected chi connectivity index (χ2v) is 8.09. The molecule has 2 heterocycles. The van der Waals surface area contributed by atoms with Crippen LogP contribution >= 0.6 is 0 Å². The number of piperidine rings is 1. The Morgan fingerprint density at radius 1 is 1.00 bits per heavy atom. The maximum Gasteiger partial charge on any atom is 0.254 e. The van der Waals surface area contributed by atoms with E-state index in [1.165, 1.54) is 23.4 Å². The average Bonchev–Trinajstić information content (AvgIpc) is 3.38. The zero-order valence-corrected chi connectivity index (χ0v) is 17.8. The summed E-state index contributed by atoms with van der Waals surface area (Å²) in [5.41, 5.74) is 1.32. The zero-order valence-electron chi connectivity index (χ0n) is 17.8. The van der Waals surface area contributed by atoms with Crippen molar-refractivity contribution in [2.24, 2.45) is 5.92 Å². The van der Waals surface area contributed by atoms with E-state index in [4.69, 9.17) is 0 Å². The van der Waals surface area contributed by atoms with Gasteiger partial charge in [-0.25, -0.2) is 14.1 Å². The van der Waals surface area contributed by atoms with Gasteiger partial charge in [-0.05, 0) is 47.9 Å². The Balaban J connectivity index is 1.22. The van der Waals surface area contributed by atoms with Gasteiger partial charge in [0.1, 0.15) is 18.3 Å². The number of benzene rings is 3. The third-order valence-corrected chi connectivity index (χ3v) is 6.05. The number of hydrogen-bond acceptors (Lipinski definition) is 4. The Morgan fingerprint density at radius 3 is 2.55 bits per heavy atom. The number of rotatable bonds is 4. The van der Waals surface area contributed by atoms with Crippen LogP contribution in [0.25, 0.3) is 16.5 Å². The summed E-state index contributed by atoms with van der Waals surface area (Å²) in [6.45, 7) is 0.999. The highest BCUT2D eigenvalue weighted by Crippen LogP contribution is 2.25. The maximum atomic E-state index is 14.4. The highest BCUT2D eigenvalue weighted by atomic mass is 19.1. The minimum absolute atomic E-state index is 0.0172. The Bertz CT molecular complexity index is 1310. The SMILES string of the molecule is O=C(Nc1ccc(-n2cncn2)c(F)c1)C1CCN(C(=O)c2cccc3ccccc23)CC1. The molecule has 7 nitrogen and oxygen atoms in total.